The Balaban J connectivity index is 1.46. The maximum absolute atomic E-state index is 12.8. The van der Waals surface area contributed by atoms with Crippen molar-refractivity contribution in [3.8, 4) is 5.88 Å². The number of benzene rings is 1. The molecule has 1 amide bonds. The van der Waals surface area contributed by atoms with E-state index in [1.807, 2.05) is 6.07 Å². The molecule has 0 aliphatic carbocycles. The van der Waals surface area contributed by atoms with Crippen LogP contribution in [0, 0.1) is 0 Å². The lowest BCUT2D eigenvalue weighted by molar-refractivity contribution is 0.0946. The number of ether oxygens (including phenoxy) is 1. The molecular weight excluding hydrogens is 404 g/mol. The molecule has 4 aromatic rings. The summed E-state index contributed by atoms with van der Waals surface area (Å²) in [6.45, 7) is 0.254. The second kappa shape index (κ2) is 7.96. The highest BCUT2D eigenvalue weighted by Gasteiger charge is 2.20. The van der Waals surface area contributed by atoms with Crippen LogP contribution < -0.4 is 10.1 Å². The number of nitrogens with one attached hydrogen (secondary N) is 2. The van der Waals surface area contributed by atoms with Crippen LogP contribution in [0.1, 0.15) is 16.1 Å². The smallest absolute Gasteiger partial charge is 0.267 e. The van der Waals surface area contributed by atoms with Gasteiger partial charge in [-0.1, -0.05) is 18.2 Å². The number of H-pyrrole nitrogens is 1. The van der Waals surface area contributed by atoms with Gasteiger partial charge in [-0.05, 0) is 35.9 Å². The van der Waals surface area contributed by atoms with E-state index >= 15 is 0 Å². The molecule has 0 atom stereocenters. The van der Waals surface area contributed by atoms with E-state index in [2.05, 4.69) is 20.3 Å². The monoisotopic (exact) mass is 422 g/mol. The molecule has 0 saturated heterocycles. The minimum Gasteiger partial charge on any atom is -0.481 e. The van der Waals surface area contributed by atoms with Crippen LogP contribution in [0.25, 0.3) is 10.9 Å². The normalized spacial score (nSPS) is 11.4. The third-order valence-electron chi connectivity index (χ3n) is 4.54. The Kier molecular flexibility index (Phi) is 5.20. The van der Waals surface area contributed by atoms with Gasteiger partial charge in [-0.2, -0.15) is 0 Å². The van der Waals surface area contributed by atoms with E-state index in [1.54, 1.807) is 42.7 Å². The number of hydrogen-bond acceptors (Lipinski definition) is 6. The van der Waals surface area contributed by atoms with Crippen molar-refractivity contribution in [1.29, 1.82) is 0 Å². The average Bonchev–Trinajstić information content (AvgIpc) is 3.22. The number of aromatic nitrogens is 3. The van der Waals surface area contributed by atoms with Crippen LogP contribution in [0.5, 0.6) is 5.88 Å². The van der Waals surface area contributed by atoms with Crippen LogP contribution >= 0.6 is 0 Å². The Bertz CT molecular complexity index is 1280. The Labute approximate surface area is 172 Å². The van der Waals surface area contributed by atoms with E-state index in [0.29, 0.717) is 5.69 Å². The first-order valence-corrected chi connectivity index (χ1v) is 10.5. The highest BCUT2D eigenvalue weighted by atomic mass is 32.2. The van der Waals surface area contributed by atoms with Crippen molar-refractivity contribution in [2.45, 2.75) is 16.5 Å². The number of pyridine rings is 2. The van der Waals surface area contributed by atoms with Crippen LogP contribution in [0.4, 0.5) is 0 Å². The zero-order chi connectivity index (χ0) is 21.1. The molecule has 8 nitrogen and oxygen atoms in total. The number of fused-ring (bicyclic) bond motifs is 1. The molecule has 0 spiro atoms. The second-order valence-corrected chi connectivity index (χ2v) is 8.39. The van der Waals surface area contributed by atoms with Gasteiger partial charge in [0.2, 0.25) is 15.7 Å². The molecule has 3 heterocycles. The SMILES string of the molecule is COc1cccc(S(=O)(=O)c2ccc(CNC(=O)c3cc4ccncc4[nH]3)cc2)n1. The molecule has 4 rings (SSSR count). The van der Waals surface area contributed by atoms with Crippen molar-refractivity contribution in [3.05, 3.63) is 78.2 Å². The molecule has 0 radical (unpaired) electrons. The van der Waals surface area contributed by atoms with E-state index in [-0.39, 0.29) is 28.3 Å². The Hall–Kier alpha value is -3.72. The lowest BCUT2D eigenvalue weighted by Gasteiger charge is -2.07. The lowest BCUT2D eigenvalue weighted by atomic mass is 10.2. The van der Waals surface area contributed by atoms with Crippen molar-refractivity contribution in [2.24, 2.45) is 0 Å². The first kappa shape index (κ1) is 19.6. The van der Waals surface area contributed by atoms with E-state index in [1.165, 1.54) is 25.3 Å². The fraction of sp³-hybridized carbons (Fsp3) is 0.0952. The molecule has 0 fully saturated rings. The topological polar surface area (TPSA) is 114 Å². The van der Waals surface area contributed by atoms with Crippen molar-refractivity contribution in [2.75, 3.05) is 7.11 Å². The van der Waals surface area contributed by atoms with Crippen molar-refractivity contribution in [3.63, 3.8) is 0 Å². The molecule has 0 aliphatic heterocycles. The summed E-state index contributed by atoms with van der Waals surface area (Å²) in [6.07, 6.45) is 3.32. The molecule has 0 unspecified atom stereocenters. The Morgan fingerprint density at radius 3 is 2.67 bits per heavy atom. The predicted molar refractivity (Wildman–Crippen MR) is 110 cm³/mol. The number of carbonyl (C=O) groups is 1. The number of carbonyl (C=O) groups excluding carboxylic acids is 1. The van der Waals surface area contributed by atoms with Gasteiger partial charge >= 0.3 is 0 Å². The van der Waals surface area contributed by atoms with Crippen LogP contribution in [0.3, 0.4) is 0 Å². The highest BCUT2D eigenvalue weighted by molar-refractivity contribution is 7.91. The van der Waals surface area contributed by atoms with Gasteiger partial charge in [0.15, 0.2) is 5.03 Å². The van der Waals surface area contributed by atoms with Crippen molar-refractivity contribution < 1.29 is 17.9 Å². The van der Waals surface area contributed by atoms with Crippen LogP contribution in [-0.2, 0) is 16.4 Å². The highest BCUT2D eigenvalue weighted by Crippen LogP contribution is 2.21. The van der Waals surface area contributed by atoms with Gasteiger partial charge < -0.3 is 15.0 Å². The first-order chi connectivity index (χ1) is 14.5. The zero-order valence-electron chi connectivity index (χ0n) is 16.0. The fourth-order valence-corrected chi connectivity index (χ4v) is 4.14. The molecular formula is C21H18N4O4S. The molecule has 9 heteroatoms. The molecule has 30 heavy (non-hydrogen) atoms. The summed E-state index contributed by atoms with van der Waals surface area (Å²) >= 11 is 0. The van der Waals surface area contributed by atoms with E-state index in [0.717, 1.165) is 16.5 Å². The molecule has 0 saturated carbocycles. The molecule has 0 aliphatic rings. The number of rotatable bonds is 6. The van der Waals surface area contributed by atoms with Gasteiger partial charge in [-0.25, -0.2) is 13.4 Å². The summed E-state index contributed by atoms with van der Waals surface area (Å²) in [5.74, 6) is -0.0355. The zero-order valence-corrected chi connectivity index (χ0v) is 16.8. The summed E-state index contributed by atoms with van der Waals surface area (Å²) in [5, 5.41) is 3.62. The number of amides is 1. The third-order valence-corrected chi connectivity index (χ3v) is 6.21. The van der Waals surface area contributed by atoms with Crippen LogP contribution in [-0.4, -0.2) is 36.4 Å². The third kappa shape index (κ3) is 3.87. The minimum atomic E-state index is -3.77. The number of nitrogens with zero attached hydrogens (tertiary/aromatic N) is 2. The maximum atomic E-state index is 12.8. The minimum absolute atomic E-state index is 0.0868. The molecule has 3 aromatic heterocycles. The summed E-state index contributed by atoms with van der Waals surface area (Å²) in [7, 11) is -2.34. The maximum Gasteiger partial charge on any atom is 0.267 e. The molecule has 1 aromatic carbocycles. The summed E-state index contributed by atoms with van der Waals surface area (Å²) in [6, 6.07) is 14.4. The molecule has 152 valence electrons. The van der Waals surface area contributed by atoms with Gasteiger partial charge in [-0.15, -0.1) is 0 Å². The summed E-state index contributed by atoms with van der Waals surface area (Å²) in [5.41, 5.74) is 1.98. The van der Waals surface area contributed by atoms with Crippen molar-refractivity contribution in [1.82, 2.24) is 20.3 Å². The number of methoxy groups -OCH3 is 1. The van der Waals surface area contributed by atoms with Gasteiger partial charge in [-0.3, -0.25) is 9.78 Å². The number of hydrogen-bond donors (Lipinski definition) is 2. The largest absolute Gasteiger partial charge is 0.481 e. The van der Waals surface area contributed by atoms with E-state index < -0.39 is 9.84 Å². The summed E-state index contributed by atoms with van der Waals surface area (Å²) in [4.78, 5) is 23.5. The van der Waals surface area contributed by atoms with Gasteiger partial charge in [0.05, 0.1) is 23.7 Å². The molecule has 2 N–H and O–H groups in total. The van der Waals surface area contributed by atoms with Crippen molar-refractivity contribution >= 4 is 26.6 Å². The van der Waals surface area contributed by atoms with Gasteiger partial charge in [0.1, 0.15) is 5.69 Å². The fourth-order valence-electron chi connectivity index (χ4n) is 2.94. The van der Waals surface area contributed by atoms with Gasteiger partial charge in [0, 0.05) is 24.2 Å². The van der Waals surface area contributed by atoms with E-state index in [4.69, 9.17) is 4.74 Å². The standard InChI is InChI=1S/C21H18N4O4S/c1-29-19-3-2-4-20(25-19)30(27,28)16-7-5-14(6-8-16)12-23-21(26)17-11-15-9-10-22-13-18(15)24-17/h2-11,13,24H,12H2,1H3,(H,23,26). The van der Waals surface area contributed by atoms with E-state index in [9.17, 15) is 13.2 Å². The van der Waals surface area contributed by atoms with Crippen LogP contribution in [0.2, 0.25) is 0 Å². The Morgan fingerprint density at radius 1 is 1.13 bits per heavy atom. The van der Waals surface area contributed by atoms with Crippen LogP contribution in [0.15, 0.2) is 76.9 Å². The van der Waals surface area contributed by atoms with Gasteiger partial charge in [0.25, 0.3) is 5.91 Å². The quantitative estimate of drug-likeness (QED) is 0.494. The molecule has 0 bridgehead atoms. The average molecular weight is 422 g/mol. The number of aromatic amines is 1. The summed E-state index contributed by atoms with van der Waals surface area (Å²) < 4.78 is 30.5. The predicted octanol–water partition coefficient (Wildman–Crippen LogP) is 2.73. The first-order valence-electron chi connectivity index (χ1n) is 9.03. The second-order valence-electron chi connectivity index (χ2n) is 6.49. The lowest BCUT2D eigenvalue weighted by Crippen LogP contribution is -2.23. The number of sulfone groups is 1. The Morgan fingerprint density at radius 2 is 1.93 bits per heavy atom.